The van der Waals surface area contributed by atoms with E-state index in [1.165, 1.54) is 23.5 Å². The van der Waals surface area contributed by atoms with Crippen molar-refractivity contribution in [2.75, 3.05) is 100 Å². The Morgan fingerprint density at radius 2 is 1.71 bits per heavy atom. The van der Waals surface area contributed by atoms with E-state index < -0.39 is 29.9 Å². The Kier molecular flexibility index (Phi) is 21.3. The second kappa shape index (κ2) is 26.6. The average Bonchev–Trinajstić information content (AvgIpc) is 3.65. The minimum absolute atomic E-state index is 0.0181. The standard InChI is InChI=1S/C40H62N12O8S2/c1-3-4-5-10-46-38-36-32(47-40(44)48-38)8-12-52(36)21-28-7-6-27(19-33(28)58-2)20-50-13-15-51(16-14-50)35(54)9-17-59-18-11-45-34(53)22-60-49-29(23-61-25-30(41)37(43)55)24-62-26-31(42)39(56)57/h6-8,12,19,30-31H,3-5,9-11,13-18,20-26,41-42H2,1-2H3,(H2,43,55)(H,45,53)(H,56,57)(H3,44,46,47,48)/t30-,31-/m0/s1. The van der Waals surface area contributed by atoms with Crippen LogP contribution < -0.4 is 38.3 Å². The fourth-order valence-electron chi connectivity index (χ4n) is 6.35. The molecule has 0 aliphatic carbocycles. The number of carboxylic acids is 1. The van der Waals surface area contributed by atoms with Gasteiger partial charge in [-0.1, -0.05) is 37.1 Å². The summed E-state index contributed by atoms with van der Waals surface area (Å²) >= 11 is 2.55. The molecule has 22 heteroatoms. The number of unbranched alkanes of at least 4 members (excludes halogenated alkanes) is 2. The Morgan fingerprint density at radius 1 is 0.968 bits per heavy atom. The summed E-state index contributed by atoms with van der Waals surface area (Å²) < 4.78 is 13.6. The van der Waals surface area contributed by atoms with Crippen LogP contribution in [-0.4, -0.2) is 160 Å². The number of nitrogens with one attached hydrogen (secondary N) is 2. The number of piperazine rings is 1. The second-order valence-corrected chi connectivity index (χ2v) is 16.7. The number of thioether (sulfide) groups is 2. The van der Waals surface area contributed by atoms with Gasteiger partial charge >= 0.3 is 5.97 Å². The summed E-state index contributed by atoms with van der Waals surface area (Å²) in [6.07, 6.45) is 5.55. The molecule has 0 spiro atoms. The van der Waals surface area contributed by atoms with Crippen LogP contribution in [0.3, 0.4) is 0 Å². The Hall–Kier alpha value is -4.87. The number of fused-ring (bicyclic) bond motifs is 1. The van der Waals surface area contributed by atoms with E-state index in [9.17, 15) is 19.2 Å². The molecule has 0 saturated carbocycles. The molecule has 4 rings (SSSR count). The molecule has 1 aliphatic heterocycles. The lowest BCUT2D eigenvalue weighted by molar-refractivity contribution is -0.138. The number of aliphatic carboxylic acids is 1. The first kappa shape index (κ1) is 49.8. The molecule has 3 amide bonds. The van der Waals surface area contributed by atoms with Crippen LogP contribution in [0.25, 0.3) is 11.0 Å². The molecule has 1 aromatic carbocycles. The summed E-state index contributed by atoms with van der Waals surface area (Å²) in [5, 5.41) is 19.1. The van der Waals surface area contributed by atoms with Gasteiger partial charge in [-0.05, 0) is 24.1 Å². The normalized spacial score (nSPS) is 14.4. The van der Waals surface area contributed by atoms with Gasteiger partial charge in [-0.25, -0.2) is 4.98 Å². The third kappa shape index (κ3) is 16.8. The Labute approximate surface area is 370 Å². The van der Waals surface area contributed by atoms with Crippen molar-refractivity contribution in [3.8, 4) is 5.75 Å². The molecule has 2 aromatic heterocycles. The molecule has 1 saturated heterocycles. The molecular weight excluding hydrogens is 841 g/mol. The number of anilines is 2. The molecule has 0 radical (unpaired) electrons. The third-order valence-electron chi connectivity index (χ3n) is 9.76. The number of rotatable bonds is 29. The van der Waals surface area contributed by atoms with Crippen LogP contribution in [0.5, 0.6) is 5.75 Å². The minimum Gasteiger partial charge on any atom is -0.496 e. The van der Waals surface area contributed by atoms with Gasteiger partial charge in [0, 0.05) is 80.6 Å². The molecule has 0 unspecified atom stereocenters. The molecular formula is C40H62N12O8S2. The first-order valence-corrected chi connectivity index (χ1v) is 22.9. The quantitative estimate of drug-likeness (QED) is 0.0289. The number of nitrogens with zero attached hydrogens (tertiary/aromatic N) is 6. The van der Waals surface area contributed by atoms with E-state index in [2.05, 4.69) is 60.3 Å². The maximum atomic E-state index is 12.9. The van der Waals surface area contributed by atoms with E-state index in [1.807, 2.05) is 17.2 Å². The van der Waals surface area contributed by atoms with E-state index in [0.717, 1.165) is 79.2 Å². The van der Waals surface area contributed by atoms with E-state index in [-0.39, 0.29) is 56.1 Å². The maximum Gasteiger partial charge on any atom is 0.321 e. The van der Waals surface area contributed by atoms with Gasteiger partial charge in [-0.3, -0.25) is 24.1 Å². The average molecular weight is 903 g/mol. The zero-order valence-corrected chi connectivity index (χ0v) is 37.2. The molecule has 342 valence electrons. The zero-order chi connectivity index (χ0) is 44.9. The van der Waals surface area contributed by atoms with E-state index in [0.29, 0.717) is 36.9 Å². The number of aromatic nitrogens is 3. The van der Waals surface area contributed by atoms with Gasteiger partial charge in [0.25, 0.3) is 5.91 Å². The van der Waals surface area contributed by atoms with E-state index >= 15 is 0 Å². The van der Waals surface area contributed by atoms with Gasteiger partial charge in [-0.2, -0.15) is 28.5 Å². The van der Waals surface area contributed by atoms with Crippen LogP contribution in [0.2, 0.25) is 0 Å². The number of carbonyl (C=O) groups excluding carboxylic acids is 3. The van der Waals surface area contributed by atoms with Gasteiger partial charge in [-0.15, -0.1) is 0 Å². The number of carboxylic acid groups (broad SMARTS) is 1. The first-order valence-electron chi connectivity index (χ1n) is 20.6. The van der Waals surface area contributed by atoms with Crippen molar-refractivity contribution in [2.24, 2.45) is 22.4 Å². The number of carbonyl (C=O) groups is 4. The lowest BCUT2D eigenvalue weighted by Gasteiger charge is -2.35. The predicted molar refractivity (Wildman–Crippen MR) is 243 cm³/mol. The molecule has 62 heavy (non-hydrogen) atoms. The van der Waals surface area contributed by atoms with Crippen molar-refractivity contribution >= 4 is 75.7 Å². The molecule has 20 nitrogen and oxygen atoms in total. The van der Waals surface area contributed by atoms with Crippen LogP contribution in [0.4, 0.5) is 11.8 Å². The Bertz CT molecular complexity index is 1920. The summed E-state index contributed by atoms with van der Waals surface area (Å²) in [6, 6.07) is 6.38. The Morgan fingerprint density at radius 3 is 2.40 bits per heavy atom. The molecule has 2 atom stereocenters. The molecule has 1 fully saturated rings. The van der Waals surface area contributed by atoms with Crippen molar-refractivity contribution in [3.05, 3.63) is 41.6 Å². The first-order chi connectivity index (χ1) is 29.9. The van der Waals surface area contributed by atoms with Gasteiger partial charge in [0.1, 0.15) is 17.3 Å². The number of amides is 3. The molecule has 0 bridgehead atoms. The lowest BCUT2D eigenvalue weighted by Crippen LogP contribution is -2.48. The largest absolute Gasteiger partial charge is 0.496 e. The topological polar surface area (TPSA) is 294 Å². The summed E-state index contributed by atoms with van der Waals surface area (Å²) in [4.78, 5) is 65.7. The van der Waals surface area contributed by atoms with Crippen molar-refractivity contribution in [2.45, 2.75) is 57.8 Å². The SMILES string of the molecule is CCCCCNc1nc(N)nc2ccn(Cc3ccc(CN4CCN(C(=O)CCOCCNC(=O)CON=C(CSC[C@H](N)C(N)=O)CSC[C@H](N)C(=O)O)CC4)cc3OC)c12. The highest BCUT2D eigenvalue weighted by Crippen LogP contribution is 2.28. The van der Waals surface area contributed by atoms with E-state index in [1.54, 1.807) is 7.11 Å². The fourth-order valence-corrected chi connectivity index (χ4v) is 8.31. The number of nitrogens with two attached hydrogens (primary N) is 4. The van der Waals surface area contributed by atoms with Crippen LogP contribution in [0.1, 0.15) is 43.7 Å². The Balaban J connectivity index is 1.13. The van der Waals surface area contributed by atoms with Gasteiger partial charge in [0.05, 0.1) is 50.6 Å². The molecule has 11 N–H and O–H groups in total. The van der Waals surface area contributed by atoms with Crippen LogP contribution in [0.15, 0.2) is 35.6 Å². The predicted octanol–water partition coefficient (Wildman–Crippen LogP) is 0.903. The van der Waals surface area contributed by atoms with Gasteiger partial charge in [0.2, 0.25) is 17.8 Å². The van der Waals surface area contributed by atoms with Crippen LogP contribution in [0, 0.1) is 0 Å². The number of hydrogen-bond acceptors (Lipinski definition) is 17. The number of primary amides is 1. The van der Waals surface area contributed by atoms with Gasteiger partial charge < -0.3 is 62.5 Å². The molecule has 3 aromatic rings. The molecule has 1 aliphatic rings. The molecule has 3 heterocycles. The van der Waals surface area contributed by atoms with Crippen LogP contribution >= 0.6 is 23.5 Å². The second-order valence-electron chi connectivity index (χ2n) is 14.7. The van der Waals surface area contributed by atoms with Crippen molar-refractivity contribution in [3.63, 3.8) is 0 Å². The summed E-state index contributed by atoms with van der Waals surface area (Å²) in [7, 11) is 1.68. The summed E-state index contributed by atoms with van der Waals surface area (Å²) in [6.45, 7) is 7.29. The van der Waals surface area contributed by atoms with Crippen LogP contribution in [-0.2, 0) is 41.8 Å². The summed E-state index contributed by atoms with van der Waals surface area (Å²) in [5.74, 6) is 0.649. The minimum atomic E-state index is -1.12. The maximum absolute atomic E-state index is 12.9. The van der Waals surface area contributed by atoms with Crippen molar-refractivity contribution < 1.29 is 38.6 Å². The monoisotopic (exact) mass is 902 g/mol. The smallest absolute Gasteiger partial charge is 0.321 e. The zero-order valence-electron chi connectivity index (χ0n) is 35.6. The number of oxime groups is 1. The number of nitrogen functional groups attached to an aromatic ring is 1. The van der Waals surface area contributed by atoms with Gasteiger partial charge in [0.15, 0.2) is 12.4 Å². The number of methoxy groups -OCH3 is 1. The number of benzene rings is 1. The van der Waals surface area contributed by atoms with E-state index in [4.69, 9.17) is 42.4 Å². The number of hydrogen-bond donors (Lipinski definition) is 7. The number of ether oxygens (including phenoxy) is 2. The highest BCUT2D eigenvalue weighted by atomic mass is 32.2. The highest BCUT2D eigenvalue weighted by molar-refractivity contribution is 8.01. The highest BCUT2D eigenvalue weighted by Gasteiger charge is 2.22. The lowest BCUT2D eigenvalue weighted by atomic mass is 10.1. The van der Waals surface area contributed by atoms with Crippen molar-refractivity contribution in [1.29, 1.82) is 0 Å². The van der Waals surface area contributed by atoms with Crippen molar-refractivity contribution in [1.82, 2.24) is 29.7 Å². The fraction of sp³-hybridized carbons (Fsp3) is 0.575. The third-order valence-corrected chi connectivity index (χ3v) is 12.0. The summed E-state index contributed by atoms with van der Waals surface area (Å²) in [5.41, 5.74) is 26.8.